The molecule has 114 valence electrons. The van der Waals surface area contributed by atoms with Crippen molar-refractivity contribution in [3.8, 4) is 22.8 Å². The van der Waals surface area contributed by atoms with Gasteiger partial charge in [-0.2, -0.15) is 0 Å². The van der Waals surface area contributed by atoms with Gasteiger partial charge in [-0.15, -0.1) is 0 Å². The second kappa shape index (κ2) is 5.85. The Morgan fingerprint density at radius 1 is 1.24 bits per heavy atom. The molecule has 0 amide bonds. The zero-order chi connectivity index (χ0) is 15.7. The number of nitrogens with zero attached hydrogens (tertiary/aromatic N) is 2. The molecule has 5 nitrogen and oxygen atoms in total. The number of aryl methyl sites for hydroxylation is 1. The minimum atomic E-state index is 0.227. The number of aromatic nitrogens is 2. The minimum Gasteiger partial charge on any atom is -0.493 e. The van der Waals surface area contributed by atoms with E-state index in [0.29, 0.717) is 28.0 Å². The van der Waals surface area contributed by atoms with Crippen molar-refractivity contribution in [3.63, 3.8) is 0 Å². The third-order valence-electron chi connectivity index (χ3n) is 3.38. The van der Waals surface area contributed by atoms with Gasteiger partial charge in [0.15, 0.2) is 11.5 Å². The Labute approximate surface area is 129 Å². The van der Waals surface area contributed by atoms with E-state index in [1.807, 2.05) is 17.6 Å². The summed E-state index contributed by atoms with van der Waals surface area (Å²) >= 11 is 6.43. The first kappa shape index (κ1) is 15.5. The fourth-order valence-electron chi connectivity index (χ4n) is 2.48. The first-order chi connectivity index (χ1) is 9.92. The second-order valence-electron chi connectivity index (χ2n) is 5.02. The second-order valence-corrected chi connectivity index (χ2v) is 5.40. The van der Waals surface area contributed by atoms with Crippen molar-refractivity contribution in [3.05, 3.63) is 23.0 Å². The quantitative estimate of drug-likeness (QED) is 0.935. The Kier molecular flexibility index (Phi) is 4.32. The summed E-state index contributed by atoms with van der Waals surface area (Å²) in [4.78, 5) is 4.55. The molecule has 0 spiro atoms. The number of rotatable bonds is 4. The maximum Gasteiger partial charge on any atom is 0.180 e. The molecule has 0 aliphatic heterocycles. The van der Waals surface area contributed by atoms with Gasteiger partial charge >= 0.3 is 0 Å². The van der Waals surface area contributed by atoms with E-state index in [1.54, 1.807) is 20.3 Å². The Morgan fingerprint density at radius 3 is 2.38 bits per heavy atom. The molecule has 6 heteroatoms. The number of anilines is 1. The molecule has 21 heavy (non-hydrogen) atoms. The Balaban J connectivity index is 2.66. The maximum atomic E-state index is 6.43. The fraction of sp³-hybridized carbons (Fsp3) is 0.400. The number of imidazole rings is 1. The van der Waals surface area contributed by atoms with Crippen molar-refractivity contribution >= 4 is 17.4 Å². The largest absolute Gasteiger partial charge is 0.493 e. The summed E-state index contributed by atoms with van der Waals surface area (Å²) in [6.45, 7) is 6.05. The molecule has 0 aliphatic rings. The van der Waals surface area contributed by atoms with E-state index in [9.17, 15) is 0 Å². The highest BCUT2D eigenvalue weighted by Gasteiger charge is 2.21. The molecule has 2 N–H and O–H groups in total. The fourth-order valence-corrected chi connectivity index (χ4v) is 2.81. The van der Waals surface area contributed by atoms with E-state index in [-0.39, 0.29) is 6.04 Å². The number of nitrogens with two attached hydrogens (primary N) is 1. The van der Waals surface area contributed by atoms with E-state index < -0.39 is 0 Å². The summed E-state index contributed by atoms with van der Waals surface area (Å²) in [5, 5.41) is 0.442. The standard InChI is InChI=1S/C15H20ClN3O2/c1-8(2)19-9(3)18-13(15(19)17)10-6-7-11(20-4)14(21-5)12(10)16/h6-8H,17H2,1-5H3. The molecule has 0 fully saturated rings. The first-order valence-electron chi connectivity index (χ1n) is 6.67. The summed E-state index contributed by atoms with van der Waals surface area (Å²) in [6.07, 6.45) is 0. The molecule has 0 radical (unpaired) electrons. The van der Waals surface area contributed by atoms with Gasteiger partial charge in [0, 0.05) is 11.6 Å². The third kappa shape index (κ3) is 2.53. The van der Waals surface area contributed by atoms with Crippen molar-refractivity contribution in [2.24, 2.45) is 0 Å². The van der Waals surface area contributed by atoms with Crippen molar-refractivity contribution in [1.29, 1.82) is 0 Å². The van der Waals surface area contributed by atoms with Crippen molar-refractivity contribution < 1.29 is 9.47 Å². The summed E-state index contributed by atoms with van der Waals surface area (Å²) in [6, 6.07) is 3.86. The van der Waals surface area contributed by atoms with Crippen LogP contribution in [0.15, 0.2) is 12.1 Å². The van der Waals surface area contributed by atoms with Crippen LogP contribution in [0.4, 0.5) is 5.82 Å². The Morgan fingerprint density at radius 2 is 1.90 bits per heavy atom. The lowest BCUT2D eigenvalue weighted by Gasteiger charge is -2.13. The van der Waals surface area contributed by atoms with Crippen LogP contribution < -0.4 is 15.2 Å². The average Bonchev–Trinajstić information content (AvgIpc) is 2.73. The van der Waals surface area contributed by atoms with Gasteiger partial charge in [-0.25, -0.2) is 4.98 Å². The minimum absolute atomic E-state index is 0.227. The van der Waals surface area contributed by atoms with Gasteiger partial charge in [0.25, 0.3) is 0 Å². The van der Waals surface area contributed by atoms with Gasteiger partial charge in [0.2, 0.25) is 0 Å². The van der Waals surface area contributed by atoms with Crippen LogP contribution in [0.25, 0.3) is 11.3 Å². The smallest absolute Gasteiger partial charge is 0.180 e. The lowest BCUT2D eigenvalue weighted by Crippen LogP contribution is -2.07. The Bertz CT molecular complexity index is 665. The van der Waals surface area contributed by atoms with Crippen LogP contribution in [0.3, 0.4) is 0 Å². The van der Waals surface area contributed by atoms with Crippen molar-refractivity contribution in [1.82, 2.24) is 9.55 Å². The summed E-state index contributed by atoms with van der Waals surface area (Å²) in [5.74, 6) is 2.50. The zero-order valence-electron chi connectivity index (χ0n) is 12.9. The van der Waals surface area contributed by atoms with E-state index >= 15 is 0 Å². The SMILES string of the molecule is COc1ccc(-c2nc(C)n(C(C)C)c2N)c(Cl)c1OC. The van der Waals surface area contributed by atoms with Crippen molar-refractivity contribution in [2.45, 2.75) is 26.8 Å². The molecule has 0 unspecified atom stereocenters. The van der Waals surface area contributed by atoms with Gasteiger partial charge in [-0.05, 0) is 32.9 Å². The van der Waals surface area contributed by atoms with Crippen LogP contribution in [-0.2, 0) is 0 Å². The van der Waals surface area contributed by atoms with Gasteiger partial charge in [0.1, 0.15) is 17.3 Å². The summed E-state index contributed by atoms with van der Waals surface area (Å²) < 4.78 is 12.5. The van der Waals surface area contributed by atoms with Gasteiger partial charge in [-0.3, -0.25) is 0 Å². The normalized spacial score (nSPS) is 11.0. The molecule has 2 rings (SSSR count). The maximum absolute atomic E-state index is 6.43. The summed E-state index contributed by atoms with van der Waals surface area (Å²) in [5.41, 5.74) is 7.63. The highest BCUT2D eigenvalue weighted by molar-refractivity contribution is 6.35. The highest BCUT2D eigenvalue weighted by Crippen LogP contribution is 2.43. The predicted octanol–water partition coefficient (Wildman–Crippen LogP) is 3.69. The molecule has 0 saturated heterocycles. The molecule has 0 saturated carbocycles. The van der Waals surface area contributed by atoms with Crippen LogP contribution in [0.5, 0.6) is 11.5 Å². The molecule has 0 bridgehead atoms. The lowest BCUT2D eigenvalue weighted by molar-refractivity contribution is 0.355. The number of hydrogen-bond acceptors (Lipinski definition) is 4. The van der Waals surface area contributed by atoms with E-state index in [2.05, 4.69) is 18.8 Å². The first-order valence-corrected chi connectivity index (χ1v) is 7.05. The van der Waals surface area contributed by atoms with Crippen LogP contribution in [0.2, 0.25) is 5.02 Å². The van der Waals surface area contributed by atoms with Crippen LogP contribution in [0.1, 0.15) is 25.7 Å². The predicted molar refractivity (Wildman–Crippen MR) is 85.3 cm³/mol. The number of hydrogen-bond donors (Lipinski definition) is 1. The van der Waals surface area contributed by atoms with Gasteiger partial charge < -0.3 is 19.8 Å². The van der Waals surface area contributed by atoms with Crippen molar-refractivity contribution in [2.75, 3.05) is 20.0 Å². The highest BCUT2D eigenvalue weighted by atomic mass is 35.5. The van der Waals surface area contributed by atoms with Crippen LogP contribution >= 0.6 is 11.6 Å². The van der Waals surface area contributed by atoms with Crippen LogP contribution in [0, 0.1) is 6.92 Å². The number of ether oxygens (including phenoxy) is 2. The summed E-state index contributed by atoms with van der Waals surface area (Å²) in [7, 11) is 3.12. The average molecular weight is 310 g/mol. The van der Waals surface area contributed by atoms with Gasteiger partial charge in [-0.1, -0.05) is 11.6 Å². The molecule has 0 atom stereocenters. The topological polar surface area (TPSA) is 62.3 Å². The van der Waals surface area contributed by atoms with E-state index in [1.165, 1.54) is 0 Å². The Hall–Kier alpha value is -1.88. The lowest BCUT2D eigenvalue weighted by atomic mass is 10.1. The molecule has 2 aromatic rings. The number of benzene rings is 1. The molecule has 0 aliphatic carbocycles. The van der Waals surface area contributed by atoms with Crippen LogP contribution in [-0.4, -0.2) is 23.8 Å². The molecule has 1 aromatic heterocycles. The number of halogens is 1. The third-order valence-corrected chi connectivity index (χ3v) is 3.76. The molecule has 1 aromatic carbocycles. The molecular formula is C15H20ClN3O2. The molecule has 1 heterocycles. The van der Waals surface area contributed by atoms with Gasteiger partial charge in [0.05, 0.1) is 19.2 Å². The zero-order valence-corrected chi connectivity index (χ0v) is 13.7. The monoisotopic (exact) mass is 309 g/mol. The number of methoxy groups -OCH3 is 2. The van der Waals surface area contributed by atoms with E-state index in [0.717, 1.165) is 11.4 Å². The van der Waals surface area contributed by atoms with E-state index in [4.69, 9.17) is 26.8 Å². The molecular weight excluding hydrogens is 290 g/mol. The number of nitrogen functional groups attached to an aromatic ring is 1.